The highest BCUT2D eigenvalue weighted by Gasteiger charge is 2.12. The molecule has 8 heteroatoms. The molecule has 1 heterocycles. The Morgan fingerprint density at radius 2 is 1.95 bits per heavy atom. The second-order valence-electron chi connectivity index (χ2n) is 3.95. The van der Waals surface area contributed by atoms with E-state index in [1.807, 2.05) is 0 Å². The molecule has 7 nitrogen and oxygen atoms in total. The topological polar surface area (TPSA) is 91.6 Å². The average molecular weight is 307 g/mol. The van der Waals surface area contributed by atoms with Gasteiger partial charge in [-0.3, -0.25) is 5.21 Å². The molecule has 0 fully saturated rings. The molecule has 0 amide bonds. The fourth-order valence-electron chi connectivity index (χ4n) is 1.49. The van der Waals surface area contributed by atoms with E-state index in [1.54, 1.807) is 18.2 Å². The summed E-state index contributed by atoms with van der Waals surface area (Å²) >= 11 is 0. The number of hydrogen-bond donors (Lipinski definition) is 1. The van der Waals surface area contributed by atoms with Crippen LogP contribution in [0.2, 0.25) is 0 Å². The number of nitrogens with zero attached hydrogens (tertiary/aromatic N) is 3. The summed E-state index contributed by atoms with van der Waals surface area (Å²) in [6.07, 6.45) is 7.37. The summed E-state index contributed by atoms with van der Waals surface area (Å²) in [5.41, 5.74) is 0.297. The van der Waals surface area contributed by atoms with Crippen molar-refractivity contribution in [2.75, 3.05) is 7.11 Å². The Balaban J connectivity index is 2.17. The van der Waals surface area contributed by atoms with Crippen LogP contribution in [0, 0.1) is 0 Å². The molecule has 2 rings (SSSR count). The van der Waals surface area contributed by atoms with Crippen molar-refractivity contribution in [3.8, 4) is 5.75 Å². The van der Waals surface area contributed by atoms with Crippen LogP contribution in [0.25, 0.3) is 0 Å². The van der Waals surface area contributed by atoms with Gasteiger partial charge in [-0.25, -0.2) is 5.06 Å². The predicted octanol–water partition coefficient (Wildman–Crippen LogP) is 2.45. The maximum absolute atomic E-state index is 11.9. The normalized spacial score (nSPS) is 16.9. The molecule has 0 saturated carbocycles. The minimum atomic E-state index is -3.89. The molecule has 0 bridgehead atoms. The quantitative estimate of drug-likeness (QED) is 0.863. The first kappa shape index (κ1) is 14.9. The Kier molecular flexibility index (Phi) is 4.51. The van der Waals surface area contributed by atoms with Crippen molar-refractivity contribution >= 4 is 10.0 Å². The van der Waals surface area contributed by atoms with Crippen molar-refractivity contribution in [3.63, 3.8) is 0 Å². The first-order valence-electron chi connectivity index (χ1n) is 5.87. The monoisotopic (exact) mass is 307 g/mol. The number of ether oxygens (including phenoxy) is 1. The van der Waals surface area contributed by atoms with E-state index in [0.29, 0.717) is 11.4 Å². The Morgan fingerprint density at radius 3 is 2.57 bits per heavy atom. The van der Waals surface area contributed by atoms with Crippen LogP contribution in [0.5, 0.6) is 5.75 Å². The first-order chi connectivity index (χ1) is 10.0. The Labute approximate surface area is 122 Å². The highest BCUT2D eigenvalue weighted by Crippen LogP contribution is 2.18. The lowest BCUT2D eigenvalue weighted by Crippen LogP contribution is -2.10. The lowest BCUT2D eigenvalue weighted by molar-refractivity contribution is -0.000512. The van der Waals surface area contributed by atoms with Crippen molar-refractivity contribution in [1.29, 1.82) is 0 Å². The fourth-order valence-corrected chi connectivity index (χ4v) is 2.24. The molecule has 21 heavy (non-hydrogen) atoms. The van der Waals surface area contributed by atoms with Crippen molar-refractivity contribution in [2.45, 2.75) is 4.90 Å². The van der Waals surface area contributed by atoms with E-state index in [1.165, 1.54) is 37.6 Å². The first-order valence-corrected chi connectivity index (χ1v) is 7.31. The third-order valence-electron chi connectivity index (χ3n) is 2.57. The van der Waals surface area contributed by atoms with Gasteiger partial charge in [0.05, 0.1) is 23.9 Å². The Morgan fingerprint density at radius 1 is 1.24 bits per heavy atom. The number of rotatable bonds is 4. The number of methoxy groups -OCH3 is 1. The van der Waals surface area contributed by atoms with Crippen LogP contribution in [-0.2, 0) is 10.0 Å². The maximum Gasteiger partial charge on any atom is 0.299 e. The number of sulfonamides is 1. The van der Waals surface area contributed by atoms with Gasteiger partial charge in [-0.2, -0.15) is 8.42 Å². The van der Waals surface area contributed by atoms with Gasteiger partial charge in [-0.15, -0.1) is 5.11 Å². The Bertz CT molecular complexity index is 718. The molecule has 0 atom stereocenters. The van der Waals surface area contributed by atoms with Gasteiger partial charge in [-0.1, -0.05) is 10.6 Å². The molecule has 0 saturated heterocycles. The van der Waals surface area contributed by atoms with Gasteiger partial charge in [0.1, 0.15) is 5.75 Å². The van der Waals surface area contributed by atoms with Gasteiger partial charge in [-0.05, 0) is 36.4 Å². The highest BCUT2D eigenvalue weighted by molar-refractivity contribution is 7.90. The molecule has 1 aromatic rings. The van der Waals surface area contributed by atoms with Crippen molar-refractivity contribution in [1.82, 2.24) is 5.06 Å². The second-order valence-corrected chi connectivity index (χ2v) is 5.53. The fraction of sp³-hybridized carbons (Fsp3) is 0.0769. The molecule has 1 N–H and O–H groups in total. The molecule has 0 radical (unpaired) electrons. The molecule has 1 aromatic carbocycles. The molecule has 110 valence electrons. The minimum Gasteiger partial charge on any atom is -0.497 e. The lowest BCUT2D eigenvalue weighted by atomic mass is 10.3. The Hall–Kier alpha value is -2.45. The second kappa shape index (κ2) is 6.33. The van der Waals surface area contributed by atoms with Crippen molar-refractivity contribution < 1.29 is 18.4 Å². The third-order valence-corrected chi connectivity index (χ3v) is 3.75. The lowest BCUT2D eigenvalue weighted by Gasteiger charge is -2.13. The summed E-state index contributed by atoms with van der Waals surface area (Å²) in [5, 5.41) is 13.7. The zero-order valence-electron chi connectivity index (χ0n) is 11.1. The van der Waals surface area contributed by atoms with Crippen LogP contribution in [0.4, 0.5) is 0 Å². The van der Waals surface area contributed by atoms with Crippen molar-refractivity contribution in [3.05, 3.63) is 60.6 Å². The molecule has 0 unspecified atom stereocenters. The molecular weight excluding hydrogens is 294 g/mol. The summed E-state index contributed by atoms with van der Waals surface area (Å²) in [6.45, 7) is 0. The van der Waals surface area contributed by atoms with E-state index < -0.39 is 10.0 Å². The van der Waals surface area contributed by atoms with Gasteiger partial charge in [0.2, 0.25) is 0 Å². The van der Waals surface area contributed by atoms with E-state index in [2.05, 4.69) is 9.63 Å². The van der Waals surface area contributed by atoms with Gasteiger partial charge in [0.15, 0.2) is 0 Å². The molecule has 0 aromatic heterocycles. The maximum atomic E-state index is 11.9. The van der Waals surface area contributed by atoms with E-state index in [-0.39, 0.29) is 4.90 Å². The SMILES string of the molecule is COc1ccc(S(=O)(=O)N=NC=C2C=CC=CN2O)cc1. The highest BCUT2D eigenvalue weighted by atomic mass is 32.2. The number of hydroxylamine groups is 2. The summed E-state index contributed by atoms with van der Waals surface area (Å²) in [4.78, 5) is 0.00499. The van der Waals surface area contributed by atoms with Gasteiger partial charge in [0.25, 0.3) is 10.0 Å². The minimum absolute atomic E-state index is 0.00499. The number of benzene rings is 1. The van der Waals surface area contributed by atoms with Gasteiger partial charge < -0.3 is 4.74 Å². The van der Waals surface area contributed by atoms with E-state index in [0.717, 1.165) is 11.3 Å². The molecule has 0 spiro atoms. The zero-order chi connectivity index (χ0) is 15.3. The van der Waals surface area contributed by atoms with E-state index in [4.69, 9.17) is 4.74 Å². The van der Waals surface area contributed by atoms with Crippen molar-refractivity contribution in [2.24, 2.45) is 9.63 Å². The summed E-state index contributed by atoms with van der Waals surface area (Å²) in [5.74, 6) is 0.544. The summed E-state index contributed by atoms with van der Waals surface area (Å²) in [7, 11) is -2.40. The predicted molar refractivity (Wildman–Crippen MR) is 75.0 cm³/mol. The number of allylic oxidation sites excluding steroid dienone is 3. The smallest absolute Gasteiger partial charge is 0.299 e. The standard InChI is InChI=1S/C13H13N3O4S/c1-20-12-5-7-13(8-6-12)21(18,19)15-14-10-11-4-2-3-9-16(11)17/h2-10,17H,1H3. The van der Waals surface area contributed by atoms with Crippen LogP contribution >= 0.6 is 0 Å². The van der Waals surface area contributed by atoms with Crippen LogP contribution in [0.15, 0.2) is 75.1 Å². The molecular formula is C13H13N3O4S. The number of hydrogen-bond acceptors (Lipinski definition) is 6. The van der Waals surface area contributed by atoms with E-state index >= 15 is 0 Å². The summed E-state index contributed by atoms with van der Waals surface area (Å²) < 4.78 is 32.1. The van der Waals surface area contributed by atoms with Crippen LogP contribution in [0.1, 0.15) is 0 Å². The van der Waals surface area contributed by atoms with Crippen LogP contribution < -0.4 is 4.74 Å². The average Bonchev–Trinajstić information content (AvgIpc) is 2.49. The third kappa shape index (κ3) is 3.77. The van der Waals surface area contributed by atoms with Crippen LogP contribution in [0.3, 0.4) is 0 Å². The van der Waals surface area contributed by atoms with Crippen LogP contribution in [-0.4, -0.2) is 25.8 Å². The summed E-state index contributed by atoms with van der Waals surface area (Å²) in [6, 6.07) is 5.79. The van der Waals surface area contributed by atoms with Gasteiger partial charge in [0, 0.05) is 6.20 Å². The molecule has 1 aliphatic rings. The molecule has 1 aliphatic heterocycles. The van der Waals surface area contributed by atoms with Gasteiger partial charge >= 0.3 is 0 Å². The largest absolute Gasteiger partial charge is 0.497 e. The van der Waals surface area contributed by atoms with E-state index in [9.17, 15) is 13.6 Å². The zero-order valence-corrected chi connectivity index (χ0v) is 11.9. The molecule has 0 aliphatic carbocycles.